The first kappa shape index (κ1) is 10.3. The Labute approximate surface area is 99.1 Å². The van der Waals surface area contributed by atoms with Crippen molar-refractivity contribution in [1.82, 2.24) is 15.1 Å². The van der Waals surface area contributed by atoms with Crippen molar-refractivity contribution >= 4 is 5.69 Å². The number of rotatable bonds is 2. The van der Waals surface area contributed by atoms with Gasteiger partial charge in [-0.25, -0.2) is 4.98 Å². The fourth-order valence-electron chi connectivity index (χ4n) is 1.92. The van der Waals surface area contributed by atoms with E-state index in [9.17, 15) is 0 Å². The lowest BCUT2D eigenvalue weighted by molar-refractivity contribution is 0.418. The highest BCUT2D eigenvalue weighted by molar-refractivity contribution is 5.50. The minimum atomic E-state index is 0.301. The summed E-state index contributed by atoms with van der Waals surface area (Å²) < 4.78 is 5.22. The zero-order valence-electron chi connectivity index (χ0n) is 9.84. The molecule has 1 saturated carbocycles. The molecule has 0 spiro atoms. The van der Waals surface area contributed by atoms with Gasteiger partial charge in [0.25, 0.3) is 5.89 Å². The van der Waals surface area contributed by atoms with Gasteiger partial charge in [0.15, 0.2) is 5.82 Å². The Balaban J connectivity index is 1.88. The number of nitrogens with two attached hydrogens (primary N) is 1. The second-order valence-corrected chi connectivity index (χ2v) is 5.18. The zero-order valence-corrected chi connectivity index (χ0v) is 9.84. The average Bonchev–Trinajstić information content (AvgIpc) is 2.76. The molecule has 1 atom stereocenters. The highest BCUT2D eigenvalue weighted by atomic mass is 16.5. The van der Waals surface area contributed by atoms with Crippen LogP contribution in [0.2, 0.25) is 0 Å². The van der Waals surface area contributed by atoms with Gasteiger partial charge in [0.05, 0.1) is 11.9 Å². The zero-order chi connectivity index (χ0) is 12.0. The third-order valence-corrected chi connectivity index (χ3v) is 3.27. The van der Waals surface area contributed by atoms with Crippen LogP contribution < -0.4 is 5.73 Å². The SMILES string of the molecule is CC1(C)CC1c1noc(-c2ccc(N)cn2)n1. The highest BCUT2D eigenvalue weighted by Crippen LogP contribution is 2.57. The second-order valence-electron chi connectivity index (χ2n) is 5.18. The molecule has 1 aliphatic carbocycles. The summed E-state index contributed by atoms with van der Waals surface area (Å²) in [6.45, 7) is 4.41. The van der Waals surface area contributed by atoms with Gasteiger partial charge in [0.1, 0.15) is 5.69 Å². The van der Waals surface area contributed by atoms with E-state index in [0.717, 1.165) is 12.2 Å². The minimum Gasteiger partial charge on any atom is -0.397 e. The molecule has 5 nitrogen and oxygen atoms in total. The topological polar surface area (TPSA) is 77.8 Å². The summed E-state index contributed by atoms with van der Waals surface area (Å²) in [6.07, 6.45) is 2.70. The normalized spacial score (nSPS) is 21.4. The summed E-state index contributed by atoms with van der Waals surface area (Å²) >= 11 is 0. The highest BCUT2D eigenvalue weighted by Gasteiger charge is 2.49. The van der Waals surface area contributed by atoms with E-state index in [1.807, 2.05) is 0 Å². The van der Waals surface area contributed by atoms with Crippen LogP contribution >= 0.6 is 0 Å². The predicted molar refractivity (Wildman–Crippen MR) is 63.1 cm³/mol. The molecule has 0 bridgehead atoms. The first-order valence-electron chi connectivity index (χ1n) is 5.62. The Bertz CT molecular complexity index is 544. The number of nitrogen functional groups attached to an aromatic ring is 1. The van der Waals surface area contributed by atoms with Crippen LogP contribution in [0.3, 0.4) is 0 Å². The summed E-state index contributed by atoms with van der Waals surface area (Å²) in [6, 6.07) is 3.55. The smallest absolute Gasteiger partial charge is 0.276 e. The molecule has 2 aromatic rings. The molecule has 2 heterocycles. The molecular formula is C12H14N4O. The van der Waals surface area contributed by atoms with Crippen molar-refractivity contribution in [2.45, 2.75) is 26.2 Å². The van der Waals surface area contributed by atoms with Crippen molar-refractivity contribution in [3.05, 3.63) is 24.2 Å². The van der Waals surface area contributed by atoms with Crippen molar-refractivity contribution in [2.75, 3.05) is 5.73 Å². The standard InChI is InChI=1S/C12H14N4O/c1-12(2)5-8(12)10-15-11(17-16-10)9-4-3-7(13)6-14-9/h3-4,6,8H,5,13H2,1-2H3. The molecule has 17 heavy (non-hydrogen) atoms. The van der Waals surface area contributed by atoms with Gasteiger partial charge in [-0.15, -0.1) is 0 Å². The number of anilines is 1. The van der Waals surface area contributed by atoms with E-state index in [2.05, 4.69) is 29.0 Å². The van der Waals surface area contributed by atoms with Gasteiger partial charge in [0.2, 0.25) is 0 Å². The van der Waals surface area contributed by atoms with Gasteiger partial charge in [-0.05, 0) is 24.0 Å². The van der Waals surface area contributed by atoms with E-state index in [1.54, 1.807) is 18.3 Å². The molecule has 0 radical (unpaired) electrons. The molecule has 1 aliphatic rings. The van der Waals surface area contributed by atoms with E-state index in [-0.39, 0.29) is 0 Å². The van der Waals surface area contributed by atoms with Crippen molar-refractivity contribution in [2.24, 2.45) is 5.41 Å². The lowest BCUT2D eigenvalue weighted by Crippen LogP contribution is -1.92. The molecule has 2 aromatic heterocycles. The minimum absolute atomic E-state index is 0.301. The van der Waals surface area contributed by atoms with Crippen molar-refractivity contribution in [1.29, 1.82) is 0 Å². The van der Waals surface area contributed by atoms with Gasteiger partial charge in [-0.2, -0.15) is 4.98 Å². The quantitative estimate of drug-likeness (QED) is 0.855. The third-order valence-electron chi connectivity index (χ3n) is 3.27. The average molecular weight is 230 g/mol. The number of nitrogens with zero attached hydrogens (tertiary/aromatic N) is 3. The molecule has 0 aromatic carbocycles. The maximum Gasteiger partial charge on any atom is 0.276 e. The fourth-order valence-corrected chi connectivity index (χ4v) is 1.92. The molecule has 5 heteroatoms. The molecule has 0 amide bonds. The van der Waals surface area contributed by atoms with E-state index in [4.69, 9.17) is 10.3 Å². The van der Waals surface area contributed by atoms with Crippen LogP contribution in [0.15, 0.2) is 22.9 Å². The Kier molecular flexibility index (Phi) is 1.98. The maximum atomic E-state index is 5.57. The van der Waals surface area contributed by atoms with E-state index >= 15 is 0 Å². The van der Waals surface area contributed by atoms with Crippen molar-refractivity contribution in [3.8, 4) is 11.6 Å². The van der Waals surface area contributed by atoms with Crippen LogP contribution in [0.5, 0.6) is 0 Å². The number of pyridine rings is 1. The Morgan fingerprint density at radius 2 is 2.18 bits per heavy atom. The number of aromatic nitrogens is 3. The van der Waals surface area contributed by atoms with Gasteiger partial charge in [-0.3, -0.25) is 0 Å². The summed E-state index contributed by atoms with van der Waals surface area (Å²) in [5, 5.41) is 4.02. The molecular weight excluding hydrogens is 216 g/mol. The van der Waals surface area contributed by atoms with E-state index in [0.29, 0.717) is 28.6 Å². The molecule has 0 aliphatic heterocycles. The lowest BCUT2D eigenvalue weighted by Gasteiger charge is -1.96. The van der Waals surface area contributed by atoms with Gasteiger partial charge >= 0.3 is 0 Å². The first-order chi connectivity index (χ1) is 8.06. The summed E-state index contributed by atoms with van der Waals surface area (Å²) in [4.78, 5) is 8.54. The molecule has 2 N–H and O–H groups in total. The van der Waals surface area contributed by atoms with Crippen molar-refractivity contribution in [3.63, 3.8) is 0 Å². The summed E-state index contributed by atoms with van der Waals surface area (Å²) in [7, 11) is 0. The molecule has 88 valence electrons. The van der Waals surface area contributed by atoms with E-state index < -0.39 is 0 Å². The van der Waals surface area contributed by atoms with Crippen LogP contribution in [-0.4, -0.2) is 15.1 Å². The van der Waals surface area contributed by atoms with Gasteiger partial charge < -0.3 is 10.3 Å². The van der Waals surface area contributed by atoms with Crippen molar-refractivity contribution < 1.29 is 4.52 Å². The Morgan fingerprint density at radius 1 is 1.41 bits per heavy atom. The Hall–Kier alpha value is -1.91. The largest absolute Gasteiger partial charge is 0.397 e. The lowest BCUT2D eigenvalue weighted by atomic mass is 10.1. The van der Waals surface area contributed by atoms with Crippen LogP contribution in [0.25, 0.3) is 11.6 Å². The van der Waals surface area contributed by atoms with E-state index in [1.165, 1.54) is 0 Å². The van der Waals surface area contributed by atoms with Gasteiger partial charge in [-0.1, -0.05) is 19.0 Å². The van der Waals surface area contributed by atoms with Crippen LogP contribution in [0.1, 0.15) is 32.0 Å². The molecule has 3 rings (SSSR count). The third kappa shape index (κ3) is 1.77. The number of hydrogen-bond donors (Lipinski definition) is 1. The van der Waals surface area contributed by atoms with Crippen LogP contribution in [0.4, 0.5) is 5.69 Å². The maximum absolute atomic E-state index is 5.57. The monoisotopic (exact) mass is 230 g/mol. The number of hydrogen-bond acceptors (Lipinski definition) is 5. The predicted octanol–water partition coefficient (Wildman–Crippen LogP) is 2.23. The second kappa shape index (κ2) is 3.29. The van der Waals surface area contributed by atoms with Gasteiger partial charge in [0, 0.05) is 5.92 Å². The summed E-state index contributed by atoms with van der Waals surface area (Å²) in [5.41, 5.74) is 7.16. The van der Waals surface area contributed by atoms with Crippen LogP contribution in [0, 0.1) is 5.41 Å². The molecule has 1 unspecified atom stereocenters. The molecule has 0 saturated heterocycles. The first-order valence-corrected chi connectivity index (χ1v) is 5.62. The van der Waals surface area contributed by atoms with Crippen LogP contribution in [-0.2, 0) is 0 Å². The fraction of sp³-hybridized carbons (Fsp3) is 0.417. The molecule has 1 fully saturated rings. The summed E-state index contributed by atoms with van der Waals surface area (Å²) in [5.74, 6) is 1.65. The Morgan fingerprint density at radius 3 is 2.76 bits per heavy atom.